The molecule has 0 saturated heterocycles. The van der Waals surface area contributed by atoms with Crippen LogP contribution in [-0.2, 0) is 10.0 Å². The number of hydrogen-bond acceptors (Lipinski definition) is 2. The van der Waals surface area contributed by atoms with E-state index in [0.717, 1.165) is 4.47 Å². The van der Waals surface area contributed by atoms with Crippen LogP contribution >= 0.6 is 27.5 Å². The highest BCUT2D eigenvalue weighted by molar-refractivity contribution is 9.10. The third-order valence-electron chi connectivity index (χ3n) is 2.81. The summed E-state index contributed by atoms with van der Waals surface area (Å²) in [4.78, 5) is 0.191. The van der Waals surface area contributed by atoms with Crippen LogP contribution in [0.4, 0.5) is 5.69 Å². The van der Waals surface area contributed by atoms with Gasteiger partial charge < -0.3 is 0 Å². The Morgan fingerprint density at radius 3 is 2.19 bits per heavy atom. The first-order valence-electron chi connectivity index (χ1n) is 6.10. The van der Waals surface area contributed by atoms with Crippen LogP contribution in [0.5, 0.6) is 0 Å². The lowest BCUT2D eigenvalue weighted by atomic mass is 10.3. The van der Waals surface area contributed by atoms with E-state index in [-0.39, 0.29) is 11.4 Å². The number of hydrogen-bond donors (Lipinski definition) is 0. The fourth-order valence-electron chi connectivity index (χ4n) is 1.80. The quantitative estimate of drug-likeness (QED) is 0.710. The maximum Gasteiger partial charge on any atom is 0.264 e. The summed E-state index contributed by atoms with van der Waals surface area (Å²) in [7, 11) is -3.66. The van der Waals surface area contributed by atoms with Crippen LogP contribution in [0.25, 0.3) is 0 Å². The van der Waals surface area contributed by atoms with Gasteiger partial charge in [0.25, 0.3) is 10.0 Å². The largest absolute Gasteiger partial charge is 0.264 e. The van der Waals surface area contributed by atoms with Gasteiger partial charge in [0.1, 0.15) is 0 Å². The molecule has 0 aliphatic rings. The zero-order chi connectivity index (χ0) is 15.5. The first kappa shape index (κ1) is 16.1. The number of benzene rings is 2. The summed E-state index contributed by atoms with van der Waals surface area (Å²) in [6.07, 6.45) is 1.55. The van der Waals surface area contributed by atoms with Gasteiger partial charge in [-0.25, -0.2) is 8.42 Å². The Morgan fingerprint density at radius 2 is 1.67 bits per heavy atom. The Hall–Kier alpha value is -1.30. The van der Waals surface area contributed by atoms with E-state index in [4.69, 9.17) is 11.6 Å². The first-order chi connectivity index (χ1) is 9.95. The molecular formula is C15H13BrClNO2S. The summed E-state index contributed by atoms with van der Waals surface area (Å²) in [6.45, 7) is 3.82. The first-order valence-corrected chi connectivity index (χ1v) is 8.71. The van der Waals surface area contributed by atoms with E-state index in [0.29, 0.717) is 10.7 Å². The minimum atomic E-state index is -3.66. The third-order valence-corrected chi connectivity index (χ3v) is 5.40. The van der Waals surface area contributed by atoms with Gasteiger partial charge in [-0.2, -0.15) is 0 Å². The van der Waals surface area contributed by atoms with Crippen molar-refractivity contribution in [3.8, 4) is 0 Å². The van der Waals surface area contributed by atoms with Gasteiger partial charge in [0.15, 0.2) is 0 Å². The average Bonchev–Trinajstić information content (AvgIpc) is 2.46. The van der Waals surface area contributed by atoms with Gasteiger partial charge >= 0.3 is 0 Å². The summed E-state index contributed by atoms with van der Waals surface area (Å²) in [5, 5.41) is 0.493. The monoisotopic (exact) mass is 385 g/mol. The average molecular weight is 387 g/mol. The molecule has 2 aromatic rings. The van der Waals surface area contributed by atoms with E-state index in [9.17, 15) is 8.42 Å². The summed E-state index contributed by atoms with van der Waals surface area (Å²) in [5.74, 6) is 0. The summed E-state index contributed by atoms with van der Waals surface area (Å²) < 4.78 is 27.7. The van der Waals surface area contributed by atoms with Gasteiger partial charge in [0.05, 0.1) is 17.1 Å². The number of halogens is 2. The number of sulfonamides is 1. The van der Waals surface area contributed by atoms with Crippen LogP contribution in [0.15, 0.2) is 70.6 Å². The Bertz CT molecular complexity index is 727. The Kier molecular flexibility index (Phi) is 5.08. The molecule has 0 heterocycles. The predicted octanol–water partition coefficient (Wildman–Crippen LogP) is 4.48. The molecule has 0 aliphatic carbocycles. The van der Waals surface area contributed by atoms with Gasteiger partial charge in [-0.1, -0.05) is 33.6 Å². The lowest BCUT2D eigenvalue weighted by Crippen LogP contribution is -2.31. The highest BCUT2D eigenvalue weighted by atomic mass is 79.9. The molecule has 0 fully saturated rings. The molecule has 0 unspecified atom stereocenters. The van der Waals surface area contributed by atoms with E-state index in [1.807, 2.05) is 0 Å². The maximum absolute atomic E-state index is 12.7. The Balaban J connectivity index is 2.47. The minimum absolute atomic E-state index is 0.187. The second-order valence-corrected chi connectivity index (χ2v) is 7.47. The van der Waals surface area contributed by atoms with Crippen LogP contribution in [-0.4, -0.2) is 15.0 Å². The maximum atomic E-state index is 12.7. The topological polar surface area (TPSA) is 37.4 Å². The van der Waals surface area contributed by atoms with Crippen molar-refractivity contribution in [1.29, 1.82) is 0 Å². The summed E-state index contributed by atoms with van der Waals surface area (Å²) in [6, 6.07) is 13.2. The highest BCUT2D eigenvalue weighted by Crippen LogP contribution is 2.26. The van der Waals surface area contributed by atoms with Crippen LogP contribution in [0, 0.1) is 0 Å². The molecule has 0 aliphatic heterocycles. The van der Waals surface area contributed by atoms with Crippen molar-refractivity contribution in [2.75, 3.05) is 10.8 Å². The molecule has 0 amide bonds. The van der Waals surface area contributed by atoms with Crippen molar-refractivity contribution in [3.63, 3.8) is 0 Å². The van der Waals surface area contributed by atoms with E-state index >= 15 is 0 Å². The van der Waals surface area contributed by atoms with Crippen molar-refractivity contribution >= 4 is 43.2 Å². The Labute approximate surface area is 138 Å². The molecule has 0 atom stereocenters. The summed E-state index contributed by atoms with van der Waals surface area (Å²) >= 11 is 9.14. The predicted molar refractivity (Wildman–Crippen MR) is 90.3 cm³/mol. The summed E-state index contributed by atoms with van der Waals surface area (Å²) in [5.41, 5.74) is 0.577. The second-order valence-electron chi connectivity index (χ2n) is 4.26. The van der Waals surface area contributed by atoms with E-state index in [1.54, 1.807) is 42.5 Å². The van der Waals surface area contributed by atoms with Crippen molar-refractivity contribution in [3.05, 3.63) is 70.7 Å². The Morgan fingerprint density at radius 1 is 1.10 bits per heavy atom. The zero-order valence-electron chi connectivity index (χ0n) is 11.0. The van der Waals surface area contributed by atoms with Crippen LogP contribution < -0.4 is 4.31 Å². The van der Waals surface area contributed by atoms with E-state index in [1.165, 1.54) is 16.4 Å². The zero-order valence-corrected chi connectivity index (χ0v) is 14.2. The molecule has 0 saturated carbocycles. The molecule has 0 N–H and O–H groups in total. The normalized spacial score (nSPS) is 11.1. The van der Waals surface area contributed by atoms with Gasteiger partial charge in [-0.3, -0.25) is 4.31 Å². The van der Waals surface area contributed by atoms with Gasteiger partial charge in [0, 0.05) is 9.50 Å². The molecule has 0 bridgehead atoms. The fourth-order valence-corrected chi connectivity index (χ4v) is 3.63. The number of nitrogens with zero attached hydrogens (tertiary/aromatic N) is 1. The minimum Gasteiger partial charge on any atom is -0.263 e. The number of rotatable bonds is 5. The van der Waals surface area contributed by atoms with Gasteiger partial charge in [0.2, 0.25) is 0 Å². The molecule has 0 spiro atoms. The lowest BCUT2D eigenvalue weighted by Gasteiger charge is -2.23. The molecule has 2 rings (SSSR count). The van der Waals surface area contributed by atoms with E-state index < -0.39 is 10.0 Å². The number of anilines is 1. The molecule has 6 heteroatoms. The van der Waals surface area contributed by atoms with Gasteiger partial charge in [-0.15, -0.1) is 6.58 Å². The van der Waals surface area contributed by atoms with Gasteiger partial charge in [-0.05, 0) is 48.5 Å². The fraction of sp³-hybridized carbons (Fsp3) is 0.0667. The molecule has 2 aromatic carbocycles. The SMILES string of the molecule is C=CCN(c1ccc(Br)cc1)S(=O)(=O)c1ccc(Cl)cc1. The van der Waals surface area contributed by atoms with Crippen LogP contribution in [0.2, 0.25) is 5.02 Å². The highest BCUT2D eigenvalue weighted by Gasteiger charge is 2.23. The standard InChI is InChI=1S/C15H13BrClNO2S/c1-2-11-18(14-7-3-12(16)4-8-14)21(19,20)15-9-5-13(17)6-10-15/h2-10H,1,11H2. The lowest BCUT2D eigenvalue weighted by molar-refractivity contribution is 0.593. The van der Waals surface area contributed by atoms with Crippen LogP contribution in [0.1, 0.15) is 0 Å². The van der Waals surface area contributed by atoms with Crippen molar-refractivity contribution in [1.82, 2.24) is 0 Å². The third kappa shape index (κ3) is 3.67. The van der Waals surface area contributed by atoms with E-state index in [2.05, 4.69) is 22.5 Å². The molecule has 21 heavy (non-hydrogen) atoms. The van der Waals surface area contributed by atoms with Crippen LogP contribution in [0.3, 0.4) is 0 Å². The molecular weight excluding hydrogens is 374 g/mol. The molecule has 110 valence electrons. The molecule has 3 nitrogen and oxygen atoms in total. The molecule has 0 aromatic heterocycles. The van der Waals surface area contributed by atoms with Crippen molar-refractivity contribution < 1.29 is 8.42 Å². The molecule has 0 radical (unpaired) electrons. The van der Waals surface area contributed by atoms with Crippen molar-refractivity contribution in [2.24, 2.45) is 0 Å². The second kappa shape index (κ2) is 6.64. The smallest absolute Gasteiger partial charge is 0.263 e. The van der Waals surface area contributed by atoms with Crippen molar-refractivity contribution in [2.45, 2.75) is 4.90 Å².